The summed E-state index contributed by atoms with van der Waals surface area (Å²) in [6.45, 7) is 4.98. The molecular weight excluding hydrogens is 1080 g/mol. The average Bonchev–Trinajstić information content (AvgIpc) is 3.70. The standard InChI is InChI=1S/C77H157N2O6P/c1-6-8-10-12-14-16-18-20-22-24-26-28-30-32-34-36-37-38-39-40-41-43-45-47-49-51-53-55-57-59-61-63-65-67-69-71-77(81)78-75(74-85-86(82,83)84-73-72-79(3,4)5)76(80)70-68-66-64-62-60-58-56-54-52-50-48-46-44-42-35-33-31-29-27-25-23-21-19-17-15-13-11-9-7-2/h75-76,80H,6-74H2,1-5H3,(H-,78,81,82,83)/p+1. The lowest BCUT2D eigenvalue weighted by atomic mass is 10.0. The van der Waals surface area contributed by atoms with Gasteiger partial charge in [0.15, 0.2) is 0 Å². The number of carbonyl (C=O) groups excluding carboxylic acids is 1. The molecular formula is C77H158N2O6P+. The first-order chi connectivity index (χ1) is 42.0. The number of aliphatic hydroxyl groups is 1. The van der Waals surface area contributed by atoms with Gasteiger partial charge in [-0.25, -0.2) is 4.57 Å². The number of nitrogens with zero attached hydrogens (tertiary/aromatic N) is 1. The maximum absolute atomic E-state index is 13.1. The minimum atomic E-state index is -4.33. The number of quaternary nitrogens is 1. The molecule has 0 aliphatic heterocycles. The van der Waals surface area contributed by atoms with Crippen molar-refractivity contribution in [3.63, 3.8) is 0 Å². The van der Waals surface area contributed by atoms with Crippen molar-refractivity contribution < 1.29 is 32.9 Å². The summed E-state index contributed by atoms with van der Waals surface area (Å²) in [5, 5.41) is 14.2. The van der Waals surface area contributed by atoms with Gasteiger partial charge in [-0.05, 0) is 12.8 Å². The molecule has 0 aliphatic carbocycles. The van der Waals surface area contributed by atoms with Gasteiger partial charge in [-0.2, -0.15) is 0 Å². The van der Waals surface area contributed by atoms with Crippen LogP contribution in [-0.2, 0) is 18.4 Å². The Morgan fingerprint density at radius 3 is 0.779 bits per heavy atom. The number of likely N-dealkylation sites (N-methyl/N-ethyl adjacent to an activating group) is 1. The number of aliphatic hydroxyl groups excluding tert-OH is 1. The van der Waals surface area contributed by atoms with Crippen LogP contribution in [0.5, 0.6) is 0 Å². The highest BCUT2D eigenvalue weighted by Gasteiger charge is 2.28. The molecule has 0 radical (unpaired) electrons. The van der Waals surface area contributed by atoms with Crippen LogP contribution in [0.15, 0.2) is 0 Å². The van der Waals surface area contributed by atoms with E-state index in [1.807, 2.05) is 21.1 Å². The Bertz CT molecular complexity index is 1360. The van der Waals surface area contributed by atoms with E-state index >= 15 is 0 Å². The third-order valence-electron chi connectivity index (χ3n) is 18.9. The molecule has 0 aromatic carbocycles. The highest BCUT2D eigenvalue weighted by Crippen LogP contribution is 2.43. The molecule has 0 fully saturated rings. The number of carbonyl (C=O) groups is 1. The predicted octanol–water partition coefficient (Wildman–Crippen LogP) is 25.5. The number of hydrogen-bond acceptors (Lipinski definition) is 5. The zero-order valence-corrected chi connectivity index (χ0v) is 60.3. The van der Waals surface area contributed by atoms with Crippen LogP contribution >= 0.6 is 7.82 Å². The van der Waals surface area contributed by atoms with E-state index in [-0.39, 0.29) is 19.1 Å². The average molecular weight is 1240 g/mol. The first-order valence-corrected chi connectivity index (χ1v) is 40.9. The lowest BCUT2D eigenvalue weighted by molar-refractivity contribution is -0.870. The summed E-state index contributed by atoms with van der Waals surface area (Å²) in [5.74, 6) is -0.131. The van der Waals surface area contributed by atoms with Gasteiger partial charge in [-0.15, -0.1) is 0 Å². The predicted molar refractivity (Wildman–Crippen MR) is 379 cm³/mol. The molecule has 1 amide bonds. The second-order valence-electron chi connectivity index (χ2n) is 28.8. The molecule has 3 unspecified atom stereocenters. The second-order valence-corrected chi connectivity index (χ2v) is 30.3. The molecule has 0 aromatic heterocycles. The van der Waals surface area contributed by atoms with E-state index < -0.39 is 20.0 Å². The number of phosphoric ester groups is 1. The maximum Gasteiger partial charge on any atom is 0.472 e. The number of phosphoric acid groups is 1. The van der Waals surface area contributed by atoms with E-state index in [4.69, 9.17) is 9.05 Å². The first kappa shape index (κ1) is 85.5. The van der Waals surface area contributed by atoms with E-state index in [0.29, 0.717) is 23.9 Å². The van der Waals surface area contributed by atoms with Crippen molar-refractivity contribution in [2.45, 2.75) is 450 Å². The highest BCUT2D eigenvalue weighted by atomic mass is 31.2. The van der Waals surface area contributed by atoms with Gasteiger partial charge in [0.2, 0.25) is 5.91 Å². The SMILES string of the molecule is CCCCCCCCCCCCCCCCCCCCCCCCCCCCCCCCCCCCCC(=O)NC(COP(=O)(O)OCC[N+](C)(C)C)C(O)CCCCCCCCCCCCCCCCCCCCCCCCCCCCCCC. The molecule has 0 bridgehead atoms. The number of amides is 1. The molecule has 8 nitrogen and oxygen atoms in total. The minimum Gasteiger partial charge on any atom is -0.391 e. The van der Waals surface area contributed by atoms with Gasteiger partial charge in [0.1, 0.15) is 13.2 Å². The van der Waals surface area contributed by atoms with Crippen molar-refractivity contribution in [1.82, 2.24) is 5.32 Å². The Labute approximate surface area is 540 Å². The molecule has 0 saturated heterocycles. The molecule has 0 aromatic rings. The number of nitrogens with one attached hydrogen (secondary N) is 1. The molecule has 516 valence electrons. The van der Waals surface area contributed by atoms with Crippen LogP contribution in [0.3, 0.4) is 0 Å². The normalized spacial score (nSPS) is 13.4. The van der Waals surface area contributed by atoms with Crippen LogP contribution in [0.25, 0.3) is 0 Å². The third-order valence-corrected chi connectivity index (χ3v) is 19.8. The van der Waals surface area contributed by atoms with E-state index in [1.54, 1.807) is 0 Å². The smallest absolute Gasteiger partial charge is 0.391 e. The molecule has 0 rings (SSSR count). The van der Waals surface area contributed by atoms with Crippen LogP contribution in [0.4, 0.5) is 0 Å². The van der Waals surface area contributed by atoms with Crippen LogP contribution in [-0.4, -0.2) is 73.4 Å². The summed E-state index contributed by atoms with van der Waals surface area (Å²) in [4.78, 5) is 23.5. The summed E-state index contributed by atoms with van der Waals surface area (Å²) in [6, 6.07) is -0.758. The lowest BCUT2D eigenvalue weighted by Gasteiger charge is -2.26. The summed E-state index contributed by atoms with van der Waals surface area (Å²) in [7, 11) is 1.65. The zero-order chi connectivity index (χ0) is 62.6. The third kappa shape index (κ3) is 70.9. The summed E-state index contributed by atoms with van der Waals surface area (Å²) >= 11 is 0. The number of rotatable bonds is 75. The molecule has 9 heteroatoms. The molecule has 0 heterocycles. The Balaban J connectivity index is 3.90. The van der Waals surface area contributed by atoms with Crippen LogP contribution < -0.4 is 5.32 Å². The summed E-state index contributed by atoms with van der Waals surface area (Å²) < 4.78 is 24.0. The van der Waals surface area contributed by atoms with Crippen molar-refractivity contribution in [2.75, 3.05) is 40.9 Å². The van der Waals surface area contributed by atoms with E-state index in [2.05, 4.69) is 19.2 Å². The molecule has 3 N–H and O–H groups in total. The Hall–Kier alpha value is -0.500. The Kier molecular flexibility index (Phi) is 68.5. The fourth-order valence-corrected chi connectivity index (χ4v) is 13.5. The van der Waals surface area contributed by atoms with E-state index in [9.17, 15) is 19.4 Å². The van der Waals surface area contributed by atoms with Gasteiger partial charge in [0, 0.05) is 6.42 Å². The summed E-state index contributed by atoms with van der Waals surface area (Å²) in [6.07, 6.45) is 88.2. The fourth-order valence-electron chi connectivity index (χ4n) is 12.8. The van der Waals surface area contributed by atoms with Crippen molar-refractivity contribution in [2.24, 2.45) is 0 Å². The lowest BCUT2D eigenvalue weighted by Crippen LogP contribution is -2.46. The molecule has 0 spiro atoms. The van der Waals surface area contributed by atoms with Gasteiger partial charge in [-0.3, -0.25) is 13.8 Å². The summed E-state index contributed by atoms with van der Waals surface area (Å²) in [5.41, 5.74) is 0. The zero-order valence-electron chi connectivity index (χ0n) is 59.4. The number of unbranched alkanes of at least 4 members (excludes halogenated alkanes) is 62. The quantitative estimate of drug-likeness (QED) is 0.0318. The molecule has 0 saturated carbocycles. The van der Waals surface area contributed by atoms with Crippen LogP contribution in [0.1, 0.15) is 438 Å². The number of hydrogen-bond donors (Lipinski definition) is 3. The topological polar surface area (TPSA) is 105 Å². The highest BCUT2D eigenvalue weighted by molar-refractivity contribution is 7.47. The Morgan fingerprint density at radius 1 is 0.349 bits per heavy atom. The monoisotopic (exact) mass is 1240 g/mol. The van der Waals surface area contributed by atoms with E-state index in [0.717, 1.165) is 38.5 Å². The van der Waals surface area contributed by atoms with Crippen molar-refractivity contribution in [3.05, 3.63) is 0 Å². The molecule has 3 atom stereocenters. The van der Waals surface area contributed by atoms with Crippen LogP contribution in [0, 0.1) is 0 Å². The molecule has 0 aliphatic rings. The van der Waals surface area contributed by atoms with Crippen molar-refractivity contribution in [1.29, 1.82) is 0 Å². The largest absolute Gasteiger partial charge is 0.472 e. The van der Waals surface area contributed by atoms with Gasteiger partial charge in [0.05, 0.1) is 39.9 Å². The van der Waals surface area contributed by atoms with Gasteiger partial charge < -0.3 is 19.8 Å². The van der Waals surface area contributed by atoms with Gasteiger partial charge in [-0.1, -0.05) is 418 Å². The van der Waals surface area contributed by atoms with Crippen molar-refractivity contribution in [3.8, 4) is 0 Å². The maximum atomic E-state index is 13.1. The van der Waals surface area contributed by atoms with Gasteiger partial charge >= 0.3 is 7.82 Å². The minimum absolute atomic E-state index is 0.0796. The Morgan fingerprint density at radius 2 is 0.558 bits per heavy atom. The second kappa shape index (κ2) is 68.9. The first-order valence-electron chi connectivity index (χ1n) is 39.4. The van der Waals surface area contributed by atoms with Crippen molar-refractivity contribution >= 4 is 13.7 Å². The fraction of sp³-hybridized carbons (Fsp3) is 0.987. The molecule has 86 heavy (non-hydrogen) atoms. The van der Waals surface area contributed by atoms with Gasteiger partial charge in [0.25, 0.3) is 0 Å². The van der Waals surface area contributed by atoms with E-state index in [1.165, 1.54) is 372 Å². The van der Waals surface area contributed by atoms with Crippen LogP contribution in [0.2, 0.25) is 0 Å².